The van der Waals surface area contributed by atoms with Crippen LogP contribution in [-0.2, 0) is 6.61 Å². The first kappa shape index (κ1) is 22.7. The second kappa shape index (κ2) is 11.4. The molecule has 0 atom stereocenters. The van der Waals surface area contributed by atoms with Crippen LogP contribution in [0.5, 0.6) is 5.75 Å². The van der Waals surface area contributed by atoms with Gasteiger partial charge in [-0.2, -0.15) is 0 Å². The predicted octanol–water partition coefficient (Wildman–Crippen LogP) is 4.99. The van der Waals surface area contributed by atoms with Crippen LogP contribution < -0.4 is 15.4 Å². The molecule has 4 rings (SSSR count). The molecule has 2 aromatic carbocycles. The van der Waals surface area contributed by atoms with Crippen molar-refractivity contribution in [1.29, 1.82) is 0 Å². The number of rotatable bonds is 9. The Labute approximate surface area is 196 Å². The number of ether oxygens (including phenoxy) is 1. The van der Waals surface area contributed by atoms with E-state index in [2.05, 4.69) is 26.9 Å². The maximum Gasteiger partial charge on any atom is 0.286 e. The lowest BCUT2D eigenvalue weighted by Gasteiger charge is -2.13. The average Bonchev–Trinajstić information content (AvgIpc) is 3.34. The van der Waals surface area contributed by atoms with Crippen molar-refractivity contribution in [3.63, 3.8) is 0 Å². The number of hydrogen-bond donors (Lipinski definition) is 2. The molecule has 2 amide bonds. The van der Waals surface area contributed by atoms with E-state index in [0.29, 0.717) is 22.8 Å². The highest BCUT2D eigenvalue weighted by molar-refractivity contribution is 7.13. The van der Waals surface area contributed by atoms with Gasteiger partial charge < -0.3 is 15.4 Å². The summed E-state index contributed by atoms with van der Waals surface area (Å²) < 4.78 is 5.64. The molecular weight excluding hydrogens is 436 g/mol. The van der Waals surface area contributed by atoms with Crippen LogP contribution in [-0.4, -0.2) is 28.6 Å². The van der Waals surface area contributed by atoms with Crippen LogP contribution >= 0.6 is 11.3 Å². The molecule has 0 spiro atoms. The van der Waals surface area contributed by atoms with E-state index in [1.807, 2.05) is 30.3 Å². The summed E-state index contributed by atoms with van der Waals surface area (Å²) >= 11 is 1.18. The molecule has 0 radical (unpaired) electrons. The van der Waals surface area contributed by atoms with E-state index < -0.39 is 0 Å². The molecule has 7 nitrogen and oxygen atoms in total. The summed E-state index contributed by atoms with van der Waals surface area (Å²) in [4.78, 5) is 24.8. The van der Waals surface area contributed by atoms with Gasteiger partial charge >= 0.3 is 0 Å². The fraction of sp³-hybridized carbons (Fsp3) is 0.280. The summed E-state index contributed by atoms with van der Waals surface area (Å²) in [7, 11) is 0. The number of carbonyl (C=O) groups is 2. The standard InChI is InChI=1S/C25H26N4O3S/c30-23(26-16-15-18-7-3-1-4-8-18)19-11-13-20(14-12-19)27-24(31)25-29-28-22(33-25)17-32-21-9-5-2-6-10-21/h2,5-7,9-14H,1,3-4,8,15-17H2,(H,26,30)(H,27,31). The van der Waals surface area contributed by atoms with Crippen molar-refractivity contribution >= 4 is 28.8 Å². The lowest BCUT2D eigenvalue weighted by atomic mass is 9.97. The summed E-state index contributed by atoms with van der Waals surface area (Å²) in [6, 6.07) is 16.2. The summed E-state index contributed by atoms with van der Waals surface area (Å²) in [6.45, 7) is 0.882. The number of carbonyl (C=O) groups excluding carboxylic acids is 2. The third-order valence-corrected chi connectivity index (χ3v) is 6.18. The van der Waals surface area contributed by atoms with Gasteiger partial charge in [-0.1, -0.05) is 41.2 Å². The molecular formula is C25H26N4O3S. The first-order valence-corrected chi connectivity index (χ1v) is 11.9. The van der Waals surface area contributed by atoms with E-state index in [1.54, 1.807) is 24.3 Å². The highest BCUT2D eigenvalue weighted by Crippen LogP contribution is 2.20. The molecule has 0 aliphatic heterocycles. The zero-order valence-corrected chi connectivity index (χ0v) is 19.1. The maximum atomic E-state index is 12.5. The van der Waals surface area contributed by atoms with Crippen molar-refractivity contribution in [2.75, 3.05) is 11.9 Å². The van der Waals surface area contributed by atoms with Gasteiger partial charge in [0.25, 0.3) is 11.8 Å². The summed E-state index contributed by atoms with van der Waals surface area (Å²) in [5.41, 5.74) is 2.58. The van der Waals surface area contributed by atoms with Crippen LogP contribution in [0, 0.1) is 0 Å². The number of allylic oxidation sites excluding steroid dienone is 1. The van der Waals surface area contributed by atoms with Gasteiger partial charge in [0, 0.05) is 17.8 Å². The van der Waals surface area contributed by atoms with E-state index in [4.69, 9.17) is 4.74 Å². The minimum atomic E-state index is -0.351. The third kappa shape index (κ3) is 6.73. The van der Waals surface area contributed by atoms with E-state index in [9.17, 15) is 9.59 Å². The molecule has 8 heteroatoms. The van der Waals surface area contributed by atoms with Crippen LogP contribution in [0.15, 0.2) is 66.2 Å². The average molecular weight is 463 g/mol. The van der Waals surface area contributed by atoms with Crippen molar-refractivity contribution in [2.45, 2.75) is 38.7 Å². The fourth-order valence-electron chi connectivity index (χ4n) is 3.53. The van der Waals surface area contributed by atoms with Crippen molar-refractivity contribution in [1.82, 2.24) is 15.5 Å². The minimum absolute atomic E-state index is 0.114. The summed E-state index contributed by atoms with van der Waals surface area (Å²) in [6.07, 6.45) is 8.00. The summed E-state index contributed by atoms with van der Waals surface area (Å²) in [5, 5.41) is 14.6. The molecule has 0 saturated heterocycles. The molecule has 2 N–H and O–H groups in total. The van der Waals surface area contributed by atoms with Gasteiger partial charge in [-0.15, -0.1) is 10.2 Å². The highest BCUT2D eigenvalue weighted by Gasteiger charge is 2.14. The van der Waals surface area contributed by atoms with E-state index in [-0.39, 0.29) is 23.4 Å². The van der Waals surface area contributed by atoms with Gasteiger partial charge in [-0.3, -0.25) is 9.59 Å². The minimum Gasteiger partial charge on any atom is -0.486 e. The van der Waals surface area contributed by atoms with E-state index >= 15 is 0 Å². The second-order valence-electron chi connectivity index (χ2n) is 7.75. The number of amides is 2. The molecule has 1 aromatic heterocycles. The maximum absolute atomic E-state index is 12.5. The lowest BCUT2D eigenvalue weighted by Crippen LogP contribution is -2.24. The van der Waals surface area contributed by atoms with Crippen molar-refractivity contribution in [3.8, 4) is 5.75 Å². The Hall–Kier alpha value is -3.52. The number of aromatic nitrogens is 2. The van der Waals surface area contributed by atoms with E-state index in [0.717, 1.165) is 25.0 Å². The topological polar surface area (TPSA) is 93.2 Å². The Bertz CT molecular complexity index is 1110. The van der Waals surface area contributed by atoms with Crippen LogP contribution in [0.3, 0.4) is 0 Å². The van der Waals surface area contributed by atoms with Crippen molar-refractivity contribution in [2.24, 2.45) is 0 Å². The van der Waals surface area contributed by atoms with Gasteiger partial charge in [-0.25, -0.2) is 0 Å². The zero-order chi connectivity index (χ0) is 22.9. The molecule has 0 saturated carbocycles. The Balaban J connectivity index is 1.24. The van der Waals surface area contributed by atoms with Crippen LogP contribution in [0.25, 0.3) is 0 Å². The van der Waals surface area contributed by atoms with Crippen molar-refractivity contribution in [3.05, 3.63) is 81.8 Å². The molecule has 3 aromatic rings. The molecule has 0 bridgehead atoms. The van der Waals surface area contributed by atoms with Gasteiger partial charge in [0.15, 0.2) is 5.01 Å². The molecule has 1 aliphatic rings. The van der Waals surface area contributed by atoms with E-state index in [1.165, 1.54) is 29.8 Å². The van der Waals surface area contributed by atoms with Gasteiger partial charge in [0.1, 0.15) is 12.4 Å². The Kier molecular flexibility index (Phi) is 7.81. The highest BCUT2D eigenvalue weighted by atomic mass is 32.1. The molecule has 0 unspecified atom stereocenters. The number of nitrogens with one attached hydrogen (secondary N) is 2. The number of benzene rings is 2. The lowest BCUT2D eigenvalue weighted by molar-refractivity contribution is 0.0953. The molecule has 33 heavy (non-hydrogen) atoms. The Morgan fingerprint density at radius 3 is 2.55 bits per heavy atom. The number of anilines is 1. The Morgan fingerprint density at radius 2 is 1.79 bits per heavy atom. The molecule has 1 aliphatic carbocycles. The second-order valence-corrected chi connectivity index (χ2v) is 8.81. The predicted molar refractivity (Wildman–Crippen MR) is 129 cm³/mol. The zero-order valence-electron chi connectivity index (χ0n) is 18.3. The van der Waals surface area contributed by atoms with Crippen LogP contribution in [0.1, 0.15) is 57.3 Å². The van der Waals surface area contributed by atoms with Gasteiger partial charge in [-0.05, 0) is 68.5 Å². The molecule has 170 valence electrons. The normalized spacial score (nSPS) is 13.2. The number of para-hydroxylation sites is 1. The number of hydrogen-bond acceptors (Lipinski definition) is 6. The largest absolute Gasteiger partial charge is 0.486 e. The summed E-state index contributed by atoms with van der Waals surface area (Å²) in [5.74, 6) is 0.266. The fourth-order valence-corrected chi connectivity index (χ4v) is 4.17. The number of nitrogens with zero attached hydrogens (tertiary/aromatic N) is 2. The Morgan fingerprint density at radius 1 is 0.970 bits per heavy atom. The van der Waals surface area contributed by atoms with Gasteiger partial charge in [0.2, 0.25) is 5.01 Å². The van der Waals surface area contributed by atoms with Crippen molar-refractivity contribution < 1.29 is 14.3 Å². The first-order valence-electron chi connectivity index (χ1n) is 11.0. The van der Waals surface area contributed by atoms with Crippen LogP contribution in [0.4, 0.5) is 5.69 Å². The SMILES string of the molecule is O=C(NCCC1=CCCCC1)c1ccc(NC(=O)c2nnc(COc3ccccc3)s2)cc1. The first-order chi connectivity index (χ1) is 16.2. The van der Waals surface area contributed by atoms with Gasteiger partial charge in [0.05, 0.1) is 0 Å². The monoisotopic (exact) mass is 462 g/mol. The van der Waals surface area contributed by atoms with Crippen LogP contribution in [0.2, 0.25) is 0 Å². The quantitative estimate of drug-likeness (QED) is 0.437. The molecule has 0 fully saturated rings. The third-order valence-electron chi connectivity index (χ3n) is 5.29. The smallest absolute Gasteiger partial charge is 0.286 e. The molecule has 1 heterocycles.